The van der Waals surface area contributed by atoms with Crippen LogP contribution in [-0.4, -0.2) is 25.3 Å². The fourth-order valence-electron chi connectivity index (χ4n) is 1.92. The third-order valence-corrected chi connectivity index (χ3v) is 2.51. The van der Waals surface area contributed by atoms with Crippen molar-refractivity contribution >= 4 is 0 Å². The normalized spacial score (nSPS) is 32.8. The summed E-state index contributed by atoms with van der Waals surface area (Å²) in [6.45, 7) is 10.7. The molecule has 2 nitrogen and oxygen atoms in total. The van der Waals surface area contributed by atoms with E-state index in [1.54, 1.807) is 0 Å². The van der Waals surface area contributed by atoms with E-state index in [0.29, 0.717) is 23.9 Å². The molecule has 0 radical (unpaired) electrons. The van der Waals surface area contributed by atoms with Gasteiger partial charge in [0.1, 0.15) is 0 Å². The molecule has 72 valence electrons. The Morgan fingerprint density at radius 2 is 1.67 bits per heavy atom. The Morgan fingerprint density at radius 3 is 2.08 bits per heavy atom. The third-order valence-electron chi connectivity index (χ3n) is 2.51. The second-order valence-electron chi connectivity index (χ2n) is 4.34. The lowest BCUT2D eigenvalue weighted by Crippen LogP contribution is -2.49. The molecule has 2 heteroatoms. The van der Waals surface area contributed by atoms with Gasteiger partial charge in [-0.05, 0) is 11.8 Å². The lowest BCUT2D eigenvalue weighted by Gasteiger charge is -2.36. The highest BCUT2D eigenvalue weighted by Crippen LogP contribution is 2.19. The average molecular weight is 171 g/mol. The Labute approximate surface area is 75.7 Å². The van der Waals surface area contributed by atoms with Crippen molar-refractivity contribution in [2.75, 3.05) is 13.2 Å². The first-order valence-electron chi connectivity index (χ1n) is 4.95. The molecule has 1 heterocycles. The van der Waals surface area contributed by atoms with E-state index in [9.17, 15) is 0 Å². The zero-order valence-electron chi connectivity index (χ0n) is 8.63. The second-order valence-corrected chi connectivity index (χ2v) is 4.34. The van der Waals surface area contributed by atoms with E-state index in [0.717, 1.165) is 13.2 Å². The molecule has 1 aliphatic heterocycles. The van der Waals surface area contributed by atoms with Crippen molar-refractivity contribution in [3.05, 3.63) is 0 Å². The van der Waals surface area contributed by atoms with Gasteiger partial charge in [0.25, 0.3) is 0 Å². The Bertz CT molecular complexity index is 126. The fourth-order valence-corrected chi connectivity index (χ4v) is 1.92. The highest BCUT2D eigenvalue weighted by Gasteiger charge is 2.28. The second kappa shape index (κ2) is 4.24. The molecule has 0 unspecified atom stereocenters. The Morgan fingerprint density at radius 1 is 1.17 bits per heavy atom. The summed E-state index contributed by atoms with van der Waals surface area (Å²) in [6, 6.07) is 1.22. The van der Waals surface area contributed by atoms with Gasteiger partial charge in [0.05, 0.1) is 13.2 Å². The zero-order chi connectivity index (χ0) is 9.14. The number of nitrogens with one attached hydrogen (secondary N) is 1. The molecule has 0 saturated carbocycles. The Balaban J connectivity index is 2.45. The first kappa shape index (κ1) is 10.0. The van der Waals surface area contributed by atoms with E-state index in [1.165, 1.54) is 0 Å². The molecule has 1 aliphatic rings. The van der Waals surface area contributed by atoms with E-state index in [1.807, 2.05) is 0 Å². The summed E-state index contributed by atoms with van der Waals surface area (Å²) in [6.07, 6.45) is 0. The van der Waals surface area contributed by atoms with Crippen molar-refractivity contribution in [2.24, 2.45) is 11.8 Å². The van der Waals surface area contributed by atoms with E-state index in [4.69, 9.17) is 4.74 Å². The van der Waals surface area contributed by atoms with Gasteiger partial charge in [0.15, 0.2) is 0 Å². The molecule has 0 aromatic rings. The molecule has 0 bridgehead atoms. The minimum Gasteiger partial charge on any atom is -0.381 e. The topological polar surface area (TPSA) is 21.3 Å². The maximum absolute atomic E-state index is 5.47. The summed E-state index contributed by atoms with van der Waals surface area (Å²) in [4.78, 5) is 0. The minimum atomic E-state index is 0.581. The summed E-state index contributed by atoms with van der Waals surface area (Å²) >= 11 is 0. The van der Waals surface area contributed by atoms with Gasteiger partial charge in [-0.25, -0.2) is 0 Å². The minimum absolute atomic E-state index is 0.581. The van der Waals surface area contributed by atoms with E-state index >= 15 is 0 Å². The molecule has 1 fully saturated rings. The molecule has 0 aliphatic carbocycles. The molecule has 1 rings (SSSR count). The van der Waals surface area contributed by atoms with E-state index in [2.05, 4.69) is 33.0 Å². The van der Waals surface area contributed by atoms with Gasteiger partial charge >= 0.3 is 0 Å². The summed E-state index contributed by atoms with van der Waals surface area (Å²) in [5.41, 5.74) is 0. The van der Waals surface area contributed by atoms with Crippen molar-refractivity contribution < 1.29 is 4.74 Å². The number of rotatable bonds is 2. The molecule has 0 spiro atoms. The predicted molar refractivity (Wildman–Crippen MR) is 51.2 cm³/mol. The standard InChI is InChI=1S/C10H21NO/c1-7(2)11-10-8(3)5-12-6-9(10)4/h7-11H,5-6H2,1-4H3/t8-,9-/m0/s1. The van der Waals surface area contributed by atoms with Crippen LogP contribution in [0, 0.1) is 11.8 Å². The van der Waals surface area contributed by atoms with Crippen molar-refractivity contribution in [1.29, 1.82) is 0 Å². The number of hydrogen-bond donors (Lipinski definition) is 1. The molecular formula is C10H21NO. The van der Waals surface area contributed by atoms with Crippen LogP contribution in [0.2, 0.25) is 0 Å². The van der Waals surface area contributed by atoms with Crippen molar-refractivity contribution in [1.82, 2.24) is 5.32 Å². The first-order chi connectivity index (χ1) is 5.61. The molecule has 2 atom stereocenters. The largest absolute Gasteiger partial charge is 0.381 e. The summed E-state index contributed by atoms with van der Waals surface area (Å²) in [7, 11) is 0. The maximum atomic E-state index is 5.47. The SMILES string of the molecule is CC(C)NC1[C@@H](C)COC[C@@H]1C. The first-order valence-corrected chi connectivity index (χ1v) is 4.95. The van der Waals surface area contributed by atoms with Crippen LogP contribution in [0.25, 0.3) is 0 Å². The lowest BCUT2D eigenvalue weighted by atomic mass is 9.89. The van der Waals surface area contributed by atoms with Crippen LogP contribution in [0.3, 0.4) is 0 Å². The van der Waals surface area contributed by atoms with Gasteiger partial charge in [-0.1, -0.05) is 27.7 Å². The summed E-state index contributed by atoms with van der Waals surface area (Å²) in [5, 5.41) is 3.60. The monoisotopic (exact) mass is 171 g/mol. The van der Waals surface area contributed by atoms with Gasteiger partial charge in [-0.15, -0.1) is 0 Å². The van der Waals surface area contributed by atoms with Gasteiger partial charge < -0.3 is 10.1 Å². The van der Waals surface area contributed by atoms with Crippen LogP contribution in [0.4, 0.5) is 0 Å². The van der Waals surface area contributed by atoms with Gasteiger partial charge in [0, 0.05) is 12.1 Å². The number of ether oxygens (including phenoxy) is 1. The zero-order valence-corrected chi connectivity index (χ0v) is 8.63. The van der Waals surface area contributed by atoms with Crippen LogP contribution in [0.5, 0.6) is 0 Å². The molecule has 0 amide bonds. The average Bonchev–Trinajstić information content (AvgIpc) is 1.97. The smallest absolute Gasteiger partial charge is 0.0506 e. The number of hydrogen-bond acceptors (Lipinski definition) is 2. The molecule has 1 saturated heterocycles. The third kappa shape index (κ3) is 2.46. The van der Waals surface area contributed by atoms with Crippen molar-refractivity contribution in [2.45, 2.75) is 39.8 Å². The molecular weight excluding hydrogens is 150 g/mol. The molecule has 1 N–H and O–H groups in total. The fraction of sp³-hybridized carbons (Fsp3) is 1.00. The van der Waals surface area contributed by atoms with Crippen molar-refractivity contribution in [3.8, 4) is 0 Å². The van der Waals surface area contributed by atoms with Crippen LogP contribution in [-0.2, 0) is 4.74 Å². The summed E-state index contributed by atoms with van der Waals surface area (Å²) < 4.78 is 5.47. The Hall–Kier alpha value is -0.0800. The van der Waals surface area contributed by atoms with Crippen LogP contribution < -0.4 is 5.32 Å². The van der Waals surface area contributed by atoms with Crippen LogP contribution in [0.15, 0.2) is 0 Å². The predicted octanol–water partition coefficient (Wildman–Crippen LogP) is 1.66. The summed E-state index contributed by atoms with van der Waals surface area (Å²) in [5.74, 6) is 1.30. The highest BCUT2D eigenvalue weighted by atomic mass is 16.5. The van der Waals surface area contributed by atoms with Gasteiger partial charge in [-0.3, -0.25) is 0 Å². The van der Waals surface area contributed by atoms with E-state index < -0.39 is 0 Å². The van der Waals surface area contributed by atoms with Crippen LogP contribution >= 0.6 is 0 Å². The quantitative estimate of drug-likeness (QED) is 0.682. The van der Waals surface area contributed by atoms with Crippen LogP contribution in [0.1, 0.15) is 27.7 Å². The van der Waals surface area contributed by atoms with Gasteiger partial charge in [-0.2, -0.15) is 0 Å². The highest BCUT2D eigenvalue weighted by molar-refractivity contribution is 4.82. The Kier molecular flexibility index (Phi) is 3.53. The maximum Gasteiger partial charge on any atom is 0.0506 e. The van der Waals surface area contributed by atoms with Crippen molar-refractivity contribution in [3.63, 3.8) is 0 Å². The molecule has 12 heavy (non-hydrogen) atoms. The van der Waals surface area contributed by atoms with E-state index in [-0.39, 0.29) is 0 Å². The lowest BCUT2D eigenvalue weighted by molar-refractivity contribution is -0.000186. The molecule has 0 aromatic carbocycles. The molecule has 0 aromatic heterocycles. The van der Waals surface area contributed by atoms with Gasteiger partial charge in [0.2, 0.25) is 0 Å².